The summed E-state index contributed by atoms with van der Waals surface area (Å²) in [5.74, 6) is 0.582. The van der Waals surface area contributed by atoms with Gasteiger partial charge in [0.15, 0.2) is 0 Å². The van der Waals surface area contributed by atoms with Crippen molar-refractivity contribution in [3.63, 3.8) is 0 Å². The van der Waals surface area contributed by atoms with Crippen LogP contribution in [0.3, 0.4) is 0 Å². The lowest BCUT2D eigenvalue weighted by atomic mass is 9.76. The fourth-order valence-electron chi connectivity index (χ4n) is 7.16. The fourth-order valence-corrected chi connectivity index (χ4v) is 7.16. The molecule has 0 heterocycles. The van der Waals surface area contributed by atoms with E-state index in [4.69, 9.17) is 0 Å². The molecular formula is C42H50. The fraction of sp³-hybridized carbons (Fsp3) is 0.429. The normalized spacial score (nSPS) is 15.4. The molecule has 0 aromatic heterocycles. The Morgan fingerprint density at radius 3 is 0.667 bits per heavy atom. The molecule has 0 atom stereocenters. The van der Waals surface area contributed by atoms with Crippen LogP contribution in [0.5, 0.6) is 0 Å². The SMILES string of the molecule is CC(C)(C)c1ccc2c(c1)-c1cc(C(C)(C)C)ccc1C2C1c2ccc(C(C)(C)C)cc2-c2cc(C(C)(C)C)ccc21. The predicted octanol–water partition coefficient (Wildman–Crippen LogP) is 11.8. The Morgan fingerprint density at radius 1 is 0.310 bits per heavy atom. The summed E-state index contributed by atoms with van der Waals surface area (Å²) in [6.07, 6.45) is 0. The van der Waals surface area contributed by atoms with Gasteiger partial charge in [-0.1, -0.05) is 156 Å². The topological polar surface area (TPSA) is 0 Å². The first-order valence-electron chi connectivity index (χ1n) is 15.9. The summed E-state index contributed by atoms with van der Waals surface area (Å²) in [6, 6.07) is 29.4. The van der Waals surface area contributed by atoms with Crippen molar-refractivity contribution < 1.29 is 0 Å². The average molecular weight is 555 g/mol. The van der Waals surface area contributed by atoms with Crippen LogP contribution in [0.25, 0.3) is 22.3 Å². The highest BCUT2D eigenvalue weighted by Gasteiger charge is 2.42. The molecule has 0 radical (unpaired) electrons. The van der Waals surface area contributed by atoms with Crippen LogP contribution in [0.2, 0.25) is 0 Å². The number of fused-ring (bicyclic) bond motifs is 6. The minimum absolute atomic E-state index is 0.105. The van der Waals surface area contributed by atoms with Crippen LogP contribution in [0.15, 0.2) is 72.8 Å². The van der Waals surface area contributed by atoms with E-state index in [0.29, 0.717) is 11.8 Å². The molecule has 0 fully saturated rings. The molecule has 0 nitrogen and oxygen atoms in total. The largest absolute Gasteiger partial charge is 0.0582 e. The maximum Gasteiger partial charge on any atom is 0.0211 e. The van der Waals surface area contributed by atoms with Gasteiger partial charge in [0.25, 0.3) is 0 Å². The Kier molecular flexibility index (Phi) is 6.34. The van der Waals surface area contributed by atoms with Crippen molar-refractivity contribution >= 4 is 0 Å². The quantitative estimate of drug-likeness (QED) is 0.219. The van der Waals surface area contributed by atoms with Crippen molar-refractivity contribution in [2.24, 2.45) is 0 Å². The summed E-state index contributed by atoms with van der Waals surface area (Å²) in [4.78, 5) is 0. The van der Waals surface area contributed by atoms with E-state index in [-0.39, 0.29) is 21.7 Å². The van der Waals surface area contributed by atoms with E-state index in [0.717, 1.165) is 0 Å². The second kappa shape index (κ2) is 9.19. The third-order valence-corrected chi connectivity index (χ3v) is 9.93. The summed E-state index contributed by atoms with van der Waals surface area (Å²) in [5.41, 5.74) is 17.7. The van der Waals surface area contributed by atoms with Crippen LogP contribution in [0, 0.1) is 0 Å². The highest BCUT2D eigenvalue weighted by atomic mass is 14.4. The molecule has 0 aliphatic heterocycles. The van der Waals surface area contributed by atoms with Gasteiger partial charge in [0.1, 0.15) is 0 Å². The first kappa shape index (κ1) is 29.0. The second-order valence-corrected chi connectivity index (χ2v) is 17.2. The lowest BCUT2D eigenvalue weighted by Crippen LogP contribution is -2.14. The molecule has 0 bridgehead atoms. The standard InChI is InChI=1S/C42H50/c1-39(2,3)25-13-17-29-33(21-25)34-22-26(40(4,5)6)14-18-30(34)37(29)38-31-19-15-27(41(7,8)9)23-35(31)36-24-28(42(10,11)12)16-20-32(36)38/h13-24,37-38H,1-12H3. The Labute approximate surface area is 255 Å². The lowest BCUT2D eigenvalue weighted by molar-refractivity contribution is 0.589. The minimum atomic E-state index is 0.105. The zero-order chi connectivity index (χ0) is 30.6. The molecule has 0 unspecified atom stereocenters. The van der Waals surface area contributed by atoms with Gasteiger partial charge >= 0.3 is 0 Å². The molecule has 2 aliphatic carbocycles. The molecule has 4 aromatic rings. The van der Waals surface area contributed by atoms with Crippen LogP contribution >= 0.6 is 0 Å². The summed E-state index contributed by atoms with van der Waals surface area (Å²) >= 11 is 0. The lowest BCUT2D eigenvalue weighted by Gasteiger charge is -2.26. The first-order chi connectivity index (χ1) is 19.4. The van der Waals surface area contributed by atoms with Crippen LogP contribution in [-0.4, -0.2) is 0 Å². The molecule has 0 spiro atoms. The van der Waals surface area contributed by atoms with Gasteiger partial charge in [-0.3, -0.25) is 0 Å². The zero-order valence-electron chi connectivity index (χ0n) is 28.1. The Balaban J connectivity index is 1.63. The predicted molar refractivity (Wildman–Crippen MR) is 182 cm³/mol. The number of hydrogen-bond acceptors (Lipinski definition) is 0. The Hall–Kier alpha value is -3.12. The van der Waals surface area contributed by atoms with E-state index in [1.165, 1.54) is 66.8 Å². The van der Waals surface area contributed by atoms with Crippen molar-refractivity contribution in [3.05, 3.63) is 117 Å². The molecular weight excluding hydrogens is 504 g/mol. The molecule has 4 aromatic carbocycles. The van der Waals surface area contributed by atoms with Gasteiger partial charge < -0.3 is 0 Å². The van der Waals surface area contributed by atoms with Gasteiger partial charge in [0, 0.05) is 11.8 Å². The molecule has 0 N–H and O–H groups in total. The summed E-state index contributed by atoms with van der Waals surface area (Å²) in [5, 5.41) is 0. The van der Waals surface area contributed by atoms with Crippen LogP contribution in [0.1, 0.15) is 139 Å². The van der Waals surface area contributed by atoms with Crippen molar-refractivity contribution in [2.75, 3.05) is 0 Å². The number of hydrogen-bond donors (Lipinski definition) is 0. The van der Waals surface area contributed by atoms with Gasteiger partial charge in [-0.05, 0) is 88.4 Å². The van der Waals surface area contributed by atoms with Gasteiger partial charge in [-0.2, -0.15) is 0 Å². The first-order valence-corrected chi connectivity index (χ1v) is 15.9. The summed E-state index contributed by atoms with van der Waals surface area (Å²) < 4.78 is 0. The Bertz CT molecular complexity index is 1440. The smallest absolute Gasteiger partial charge is 0.0211 e. The Morgan fingerprint density at radius 2 is 0.500 bits per heavy atom. The van der Waals surface area contributed by atoms with E-state index in [2.05, 4.69) is 156 Å². The van der Waals surface area contributed by atoms with Crippen LogP contribution in [0.4, 0.5) is 0 Å². The number of rotatable bonds is 1. The van der Waals surface area contributed by atoms with E-state index in [9.17, 15) is 0 Å². The highest BCUT2D eigenvalue weighted by molar-refractivity contribution is 5.86. The maximum absolute atomic E-state index is 2.50. The monoisotopic (exact) mass is 554 g/mol. The van der Waals surface area contributed by atoms with Crippen molar-refractivity contribution in [1.82, 2.24) is 0 Å². The van der Waals surface area contributed by atoms with Gasteiger partial charge in [-0.15, -0.1) is 0 Å². The third kappa shape index (κ3) is 4.67. The third-order valence-electron chi connectivity index (χ3n) is 9.93. The van der Waals surface area contributed by atoms with Crippen LogP contribution < -0.4 is 0 Å². The zero-order valence-corrected chi connectivity index (χ0v) is 28.1. The van der Waals surface area contributed by atoms with Crippen molar-refractivity contribution in [2.45, 2.75) is 117 Å². The average Bonchev–Trinajstić information content (AvgIpc) is 3.37. The molecule has 0 saturated carbocycles. The summed E-state index contributed by atoms with van der Waals surface area (Å²) in [7, 11) is 0. The minimum Gasteiger partial charge on any atom is -0.0582 e. The molecule has 6 rings (SSSR count). The summed E-state index contributed by atoms with van der Waals surface area (Å²) in [6.45, 7) is 28.0. The number of benzene rings is 4. The second-order valence-electron chi connectivity index (χ2n) is 17.2. The highest BCUT2D eigenvalue weighted by Crippen LogP contribution is 2.59. The van der Waals surface area contributed by atoms with E-state index in [1.807, 2.05) is 0 Å². The molecule has 0 heteroatoms. The van der Waals surface area contributed by atoms with Crippen molar-refractivity contribution in [3.8, 4) is 22.3 Å². The maximum atomic E-state index is 2.50. The van der Waals surface area contributed by atoms with Gasteiger partial charge in [-0.25, -0.2) is 0 Å². The van der Waals surface area contributed by atoms with Crippen molar-refractivity contribution in [1.29, 1.82) is 0 Å². The van der Waals surface area contributed by atoms with E-state index in [1.54, 1.807) is 0 Å². The molecule has 42 heavy (non-hydrogen) atoms. The molecule has 218 valence electrons. The van der Waals surface area contributed by atoms with Gasteiger partial charge in [0.2, 0.25) is 0 Å². The molecule has 0 amide bonds. The molecule has 2 aliphatic rings. The molecule has 0 saturated heterocycles. The van der Waals surface area contributed by atoms with Gasteiger partial charge in [0.05, 0.1) is 0 Å². The van der Waals surface area contributed by atoms with E-state index >= 15 is 0 Å². The van der Waals surface area contributed by atoms with Crippen LogP contribution in [-0.2, 0) is 21.7 Å². The van der Waals surface area contributed by atoms with E-state index < -0.39 is 0 Å².